The minimum absolute atomic E-state index is 0.115. The fourth-order valence-corrected chi connectivity index (χ4v) is 4.81. The van der Waals surface area contributed by atoms with Crippen LogP contribution in [-0.4, -0.2) is 56.6 Å². The summed E-state index contributed by atoms with van der Waals surface area (Å²) in [6.07, 6.45) is 0. The van der Waals surface area contributed by atoms with E-state index in [1.165, 1.54) is 10.4 Å². The lowest BCUT2D eigenvalue weighted by molar-refractivity contribution is -0.139. The van der Waals surface area contributed by atoms with E-state index in [4.69, 9.17) is 21.4 Å². The summed E-state index contributed by atoms with van der Waals surface area (Å²) in [5.74, 6) is -0.584. The molecule has 0 atom stereocenters. The van der Waals surface area contributed by atoms with Crippen LogP contribution in [0.1, 0.15) is 0 Å². The Hall–Kier alpha value is -2.29. The number of rotatable bonds is 6. The van der Waals surface area contributed by atoms with Crippen molar-refractivity contribution in [3.05, 3.63) is 53.6 Å². The van der Waals surface area contributed by atoms with Crippen LogP contribution in [0.25, 0.3) is 0 Å². The van der Waals surface area contributed by atoms with E-state index in [9.17, 15) is 13.2 Å². The van der Waals surface area contributed by atoms with E-state index >= 15 is 0 Å². The number of halogens is 1. The molecule has 7 nitrogen and oxygen atoms in total. The zero-order valence-electron chi connectivity index (χ0n) is 14.4. The molecule has 0 saturated carbocycles. The fraction of sp³-hybridized carbons (Fsp3) is 0.278. The molecule has 3 rings (SSSR count). The summed E-state index contributed by atoms with van der Waals surface area (Å²) >= 11 is 6.05. The number of carboxylic acid groups (broad SMARTS) is 1. The second kappa shape index (κ2) is 8.16. The average Bonchev–Trinajstić information content (AvgIpc) is 2.67. The van der Waals surface area contributed by atoms with Crippen LogP contribution in [0, 0.1) is 0 Å². The molecule has 2 aromatic rings. The molecule has 1 aliphatic heterocycles. The fourth-order valence-electron chi connectivity index (χ4n) is 2.89. The molecule has 0 aromatic heterocycles. The summed E-state index contributed by atoms with van der Waals surface area (Å²) in [6.45, 7) is 1.26. The SMILES string of the molecule is O=C(O)COc1cccc(N2CCN(S(=O)(=O)c3ccccc3Cl)CC2)c1. The Bertz CT molecular complexity index is 927. The van der Waals surface area contributed by atoms with Crippen molar-refractivity contribution in [3.63, 3.8) is 0 Å². The van der Waals surface area contributed by atoms with Crippen molar-refractivity contribution in [3.8, 4) is 5.75 Å². The molecule has 27 heavy (non-hydrogen) atoms. The highest BCUT2D eigenvalue weighted by atomic mass is 35.5. The first-order chi connectivity index (χ1) is 12.9. The Morgan fingerprint density at radius 2 is 1.78 bits per heavy atom. The van der Waals surface area contributed by atoms with Gasteiger partial charge < -0.3 is 14.7 Å². The van der Waals surface area contributed by atoms with E-state index in [0.717, 1.165) is 5.69 Å². The number of benzene rings is 2. The van der Waals surface area contributed by atoms with Crippen molar-refractivity contribution in [2.45, 2.75) is 4.90 Å². The molecule has 0 amide bonds. The Kier molecular flexibility index (Phi) is 5.88. The molecule has 1 fully saturated rings. The van der Waals surface area contributed by atoms with Crippen LogP contribution >= 0.6 is 11.6 Å². The van der Waals surface area contributed by atoms with Gasteiger partial charge in [-0.05, 0) is 24.3 Å². The van der Waals surface area contributed by atoms with E-state index < -0.39 is 22.6 Å². The number of anilines is 1. The predicted octanol–water partition coefficient (Wildman–Crippen LogP) is 2.31. The second-order valence-corrected chi connectivity index (χ2v) is 8.31. The van der Waals surface area contributed by atoms with Gasteiger partial charge in [-0.3, -0.25) is 0 Å². The number of sulfonamides is 1. The summed E-state index contributed by atoms with van der Waals surface area (Å²) in [7, 11) is -3.64. The summed E-state index contributed by atoms with van der Waals surface area (Å²) in [5.41, 5.74) is 0.854. The number of carboxylic acids is 1. The number of hydrogen-bond donors (Lipinski definition) is 1. The van der Waals surface area contributed by atoms with Gasteiger partial charge in [-0.25, -0.2) is 13.2 Å². The molecular weight excluding hydrogens is 392 g/mol. The molecule has 1 saturated heterocycles. The summed E-state index contributed by atoms with van der Waals surface area (Å²) in [6, 6.07) is 13.5. The van der Waals surface area contributed by atoms with Crippen molar-refractivity contribution >= 4 is 33.3 Å². The Morgan fingerprint density at radius 1 is 1.07 bits per heavy atom. The number of aliphatic carboxylic acids is 1. The molecule has 1 heterocycles. The van der Waals surface area contributed by atoms with Crippen LogP contribution in [-0.2, 0) is 14.8 Å². The van der Waals surface area contributed by atoms with Crippen LogP contribution in [0.15, 0.2) is 53.4 Å². The van der Waals surface area contributed by atoms with Gasteiger partial charge in [0.05, 0.1) is 5.02 Å². The number of hydrogen-bond acceptors (Lipinski definition) is 5. The molecule has 1 N–H and O–H groups in total. The normalized spacial score (nSPS) is 15.5. The lowest BCUT2D eigenvalue weighted by atomic mass is 10.2. The number of ether oxygens (including phenoxy) is 1. The van der Waals surface area contributed by atoms with Crippen LogP contribution in [0.3, 0.4) is 0 Å². The molecule has 2 aromatic carbocycles. The minimum atomic E-state index is -3.64. The number of piperazine rings is 1. The van der Waals surface area contributed by atoms with Gasteiger partial charge in [-0.15, -0.1) is 0 Å². The first kappa shape index (κ1) is 19.5. The molecule has 9 heteroatoms. The van der Waals surface area contributed by atoms with Crippen molar-refractivity contribution in [1.29, 1.82) is 0 Å². The maximum atomic E-state index is 12.8. The van der Waals surface area contributed by atoms with E-state index in [0.29, 0.717) is 31.9 Å². The average molecular weight is 411 g/mol. The highest BCUT2D eigenvalue weighted by Gasteiger charge is 2.30. The molecule has 144 valence electrons. The number of nitrogens with zero attached hydrogens (tertiary/aromatic N) is 2. The van der Waals surface area contributed by atoms with Gasteiger partial charge in [0.1, 0.15) is 10.6 Å². The van der Waals surface area contributed by atoms with Crippen LogP contribution in [0.5, 0.6) is 5.75 Å². The third-order valence-electron chi connectivity index (χ3n) is 4.24. The van der Waals surface area contributed by atoms with Crippen molar-refractivity contribution in [2.75, 3.05) is 37.7 Å². The quantitative estimate of drug-likeness (QED) is 0.786. The van der Waals surface area contributed by atoms with Crippen molar-refractivity contribution < 1.29 is 23.1 Å². The van der Waals surface area contributed by atoms with E-state index in [1.807, 2.05) is 11.0 Å². The minimum Gasteiger partial charge on any atom is -0.482 e. The standard InChI is InChI=1S/C18H19ClN2O5S/c19-16-6-1-2-7-17(16)27(24,25)21-10-8-20(9-11-21)14-4-3-5-15(12-14)26-13-18(22)23/h1-7,12H,8-11,13H2,(H,22,23). The third kappa shape index (κ3) is 4.52. The molecule has 0 aliphatic carbocycles. The van der Waals surface area contributed by atoms with Gasteiger partial charge in [0.15, 0.2) is 6.61 Å². The van der Waals surface area contributed by atoms with Gasteiger partial charge in [0, 0.05) is 37.9 Å². The smallest absolute Gasteiger partial charge is 0.341 e. The summed E-state index contributed by atoms with van der Waals surface area (Å²) in [5, 5.41) is 8.92. The van der Waals surface area contributed by atoms with Crippen LogP contribution < -0.4 is 9.64 Å². The maximum Gasteiger partial charge on any atom is 0.341 e. The first-order valence-electron chi connectivity index (χ1n) is 8.32. The van der Waals surface area contributed by atoms with Gasteiger partial charge in [0.25, 0.3) is 0 Å². The lowest BCUT2D eigenvalue weighted by Crippen LogP contribution is -2.48. The number of carbonyl (C=O) groups is 1. The van der Waals surface area contributed by atoms with Gasteiger partial charge in [-0.2, -0.15) is 4.31 Å². The molecular formula is C18H19ClN2O5S. The highest BCUT2D eigenvalue weighted by Crippen LogP contribution is 2.27. The Morgan fingerprint density at radius 3 is 2.44 bits per heavy atom. The topological polar surface area (TPSA) is 87.2 Å². The maximum absolute atomic E-state index is 12.8. The van der Waals surface area contributed by atoms with Crippen molar-refractivity contribution in [1.82, 2.24) is 4.31 Å². The van der Waals surface area contributed by atoms with Gasteiger partial charge in [-0.1, -0.05) is 29.8 Å². The molecule has 0 spiro atoms. The largest absolute Gasteiger partial charge is 0.482 e. The lowest BCUT2D eigenvalue weighted by Gasteiger charge is -2.35. The Labute approximate surface area is 162 Å². The molecule has 0 unspecified atom stereocenters. The molecule has 0 radical (unpaired) electrons. The van der Waals surface area contributed by atoms with Crippen molar-refractivity contribution in [2.24, 2.45) is 0 Å². The summed E-state index contributed by atoms with van der Waals surface area (Å²) < 4.78 is 32.2. The Balaban J connectivity index is 1.68. The van der Waals surface area contributed by atoms with E-state index in [-0.39, 0.29) is 9.92 Å². The first-order valence-corrected chi connectivity index (χ1v) is 10.1. The highest BCUT2D eigenvalue weighted by molar-refractivity contribution is 7.89. The second-order valence-electron chi connectivity index (χ2n) is 6.00. The van der Waals surface area contributed by atoms with Gasteiger partial charge in [0.2, 0.25) is 10.0 Å². The molecule has 1 aliphatic rings. The zero-order chi connectivity index (χ0) is 19.4. The van der Waals surface area contributed by atoms with Crippen LogP contribution in [0.4, 0.5) is 5.69 Å². The predicted molar refractivity (Wildman–Crippen MR) is 102 cm³/mol. The molecule has 0 bridgehead atoms. The third-order valence-corrected chi connectivity index (χ3v) is 6.64. The zero-order valence-corrected chi connectivity index (χ0v) is 16.0. The van der Waals surface area contributed by atoms with Gasteiger partial charge >= 0.3 is 5.97 Å². The summed E-state index contributed by atoms with van der Waals surface area (Å²) in [4.78, 5) is 12.8. The van der Waals surface area contributed by atoms with E-state index in [1.54, 1.807) is 36.4 Å². The monoisotopic (exact) mass is 410 g/mol. The van der Waals surface area contributed by atoms with E-state index in [2.05, 4.69) is 0 Å². The van der Waals surface area contributed by atoms with Crippen LogP contribution in [0.2, 0.25) is 5.02 Å².